The van der Waals surface area contributed by atoms with Crippen LogP contribution in [0.25, 0.3) is 0 Å². The first-order valence-corrected chi connectivity index (χ1v) is 19.6. The first-order chi connectivity index (χ1) is 27.9. The van der Waals surface area contributed by atoms with Crippen LogP contribution in [0.3, 0.4) is 0 Å². The highest BCUT2D eigenvalue weighted by Gasteiger charge is 2.74. The lowest BCUT2D eigenvalue weighted by atomic mass is 9.65. The molecule has 6 atom stereocenters. The number of aromatic hydroxyl groups is 1. The number of morpholine rings is 1. The SMILES string of the molecule is O=C1OC(c2ccccc2)C(c2ccccc2)N2C1C(C(=O)NCCc1ccccn1)C1(C(=O)Nc3ccc(C#CC4=CCCCC4)cc31)C2c1ccc(O)cc1. The van der Waals surface area contributed by atoms with E-state index in [2.05, 4.69) is 33.5 Å². The van der Waals surface area contributed by atoms with Crippen molar-refractivity contribution in [1.29, 1.82) is 0 Å². The monoisotopic (exact) mass is 754 g/mol. The number of nitrogens with zero attached hydrogens (tertiary/aromatic N) is 2. The number of carbonyl (C=O) groups is 3. The normalized spacial score (nSPS) is 25.0. The molecule has 57 heavy (non-hydrogen) atoms. The number of hydrogen-bond donors (Lipinski definition) is 3. The average Bonchev–Trinajstić information content (AvgIpc) is 3.73. The van der Waals surface area contributed by atoms with Crippen LogP contribution in [0.15, 0.2) is 139 Å². The predicted molar refractivity (Wildman–Crippen MR) is 216 cm³/mol. The maximum atomic E-state index is 15.3. The molecule has 9 nitrogen and oxygen atoms in total. The smallest absolute Gasteiger partial charge is 0.324 e. The van der Waals surface area contributed by atoms with Crippen molar-refractivity contribution in [3.8, 4) is 17.6 Å². The minimum absolute atomic E-state index is 0.0526. The van der Waals surface area contributed by atoms with E-state index >= 15 is 9.59 Å². The minimum Gasteiger partial charge on any atom is -0.508 e. The topological polar surface area (TPSA) is 121 Å². The molecule has 0 saturated carbocycles. The molecular formula is C48H42N4O5. The quantitative estimate of drug-likeness (QED) is 0.118. The van der Waals surface area contributed by atoms with Gasteiger partial charge in [0.15, 0.2) is 0 Å². The van der Waals surface area contributed by atoms with Gasteiger partial charge in [-0.25, -0.2) is 0 Å². The summed E-state index contributed by atoms with van der Waals surface area (Å²) >= 11 is 0. The van der Waals surface area contributed by atoms with E-state index in [1.54, 1.807) is 30.5 Å². The fourth-order valence-corrected chi connectivity index (χ4v) is 9.40. The zero-order valence-corrected chi connectivity index (χ0v) is 31.3. The molecule has 284 valence electrons. The molecule has 4 aliphatic rings. The van der Waals surface area contributed by atoms with Crippen molar-refractivity contribution in [2.24, 2.45) is 5.92 Å². The van der Waals surface area contributed by atoms with Crippen molar-refractivity contribution < 1.29 is 24.2 Å². The minimum atomic E-state index is -1.63. The van der Waals surface area contributed by atoms with Gasteiger partial charge in [0.2, 0.25) is 11.8 Å². The van der Waals surface area contributed by atoms with Gasteiger partial charge in [0.1, 0.15) is 23.3 Å². The molecule has 0 bridgehead atoms. The number of hydrogen-bond acceptors (Lipinski definition) is 7. The summed E-state index contributed by atoms with van der Waals surface area (Å²) in [6.07, 6.45) is 7.75. The molecule has 5 aromatic rings. The van der Waals surface area contributed by atoms with E-state index < -0.39 is 53.3 Å². The van der Waals surface area contributed by atoms with Gasteiger partial charge >= 0.3 is 5.97 Å². The highest BCUT2D eigenvalue weighted by atomic mass is 16.6. The number of phenols is 1. The summed E-state index contributed by atoms with van der Waals surface area (Å²) < 4.78 is 6.50. The predicted octanol–water partition coefficient (Wildman–Crippen LogP) is 7.27. The van der Waals surface area contributed by atoms with Crippen molar-refractivity contribution in [2.75, 3.05) is 11.9 Å². The number of pyridine rings is 1. The van der Waals surface area contributed by atoms with Crippen molar-refractivity contribution in [2.45, 2.75) is 61.7 Å². The van der Waals surface area contributed by atoms with Crippen LogP contribution in [0.2, 0.25) is 0 Å². The van der Waals surface area contributed by atoms with Gasteiger partial charge in [-0.15, -0.1) is 0 Å². The van der Waals surface area contributed by atoms with Gasteiger partial charge in [-0.3, -0.25) is 24.3 Å². The van der Waals surface area contributed by atoms with Crippen LogP contribution in [0.4, 0.5) is 5.69 Å². The number of fused-ring (bicyclic) bond motifs is 3. The molecule has 2 amide bonds. The number of amides is 2. The number of ether oxygens (including phenoxy) is 1. The molecule has 2 saturated heterocycles. The zero-order chi connectivity index (χ0) is 38.9. The van der Waals surface area contributed by atoms with Gasteiger partial charge in [-0.05, 0) is 96.0 Å². The molecule has 9 rings (SSSR count). The van der Waals surface area contributed by atoms with Crippen LogP contribution >= 0.6 is 0 Å². The first-order valence-electron chi connectivity index (χ1n) is 19.6. The number of anilines is 1. The number of cyclic esters (lactones) is 1. The Hall–Kier alpha value is -6.50. The Morgan fingerprint density at radius 1 is 0.860 bits per heavy atom. The number of benzene rings is 4. The Bertz CT molecular complexity index is 2410. The van der Waals surface area contributed by atoms with Gasteiger partial charge in [-0.2, -0.15) is 0 Å². The van der Waals surface area contributed by atoms with Crippen LogP contribution in [-0.4, -0.2) is 45.4 Å². The lowest BCUT2D eigenvalue weighted by molar-refractivity contribution is -0.178. The molecule has 6 unspecified atom stereocenters. The van der Waals surface area contributed by atoms with Crippen LogP contribution in [0.5, 0.6) is 5.75 Å². The van der Waals surface area contributed by atoms with E-state index in [0.717, 1.165) is 48.1 Å². The highest BCUT2D eigenvalue weighted by Crippen LogP contribution is 2.64. The summed E-state index contributed by atoms with van der Waals surface area (Å²) in [6, 6.07) is 34.7. The third-order valence-electron chi connectivity index (χ3n) is 11.9. The second-order valence-electron chi connectivity index (χ2n) is 15.2. The van der Waals surface area contributed by atoms with Crippen LogP contribution < -0.4 is 10.6 Å². The van der Waals surface area contributed by atoms with Gasteiger partial charge in [0, 0.05) is 36.1 Å². The Balaban J connectivity index is 1.27. The Labute approximate surface area is 331 Å². The van der Waals surface area contributed by atoms with E-state index in [4.69, 9.17) is 4.74 Å². The third-order valence-corrected chi connectivity index (χ3v) is 11.9. The van der Waals surface area contributed by atoms with Gasteiger partial charge in [0.25, 0.3) is 0 Å². The van der Waals surface area contributed by atoms with Crippen molar-refractivity contribution in [1.82, 2.24) is 15.2 Å². The number of rotatable bonds is 7. The molecule has 1 aliphatic carbocycles. The number of aromatic nitrogens is 1. The first kappa shape index (κ1) is 36.2. The number of allylic oxidation sites excluding steroid dienone is 2. The maximum absolute atomic E-state index is 15.3. The summed E-state index contributed by atoms with van der Waals surface area (Å²) in [5, 5.41) is 16.8. The van der Waals surface area contributed by atoms with E-state index in [-0.39, 0.29) is 12.3 Å². The fourth-order valence-electron chi connectivity index (χ4n) is 9.40. The lowest BCUT2D eigenvalue weighted by Crippen LogP contribution is -2.55. The largest absolute Gasteiger partial charge is 0.508 e. The third kappa shape index (κ3) is 6.46. The number of carbonyl (C=O) groups excluding carboxylic acids is 3. The number of phenolic OH excluding ortho intramolecular Hbond substituents is 1. The second-order valence-corrected chi connectivity index (χ2v) is 15.2. The molecule has 3 N–H and O–H groups in total. The van der Waals surface area contributed by atoms with Gasteiger partial charge in [0.05, 0.1) is 18.0 Å². The molecule has 9 heteroatoms. The van der Waals surface area contributed by atoms with Gasteiger partial charge < -0.3 is 20.5 Å². The Morgan fingerprint density at radius 3 is 2.33 bits per heavy atom. The molecular weight excluding hydrogens is 713 g/mol. The Kier molecular flexibility index (Phi) is 9.65. The molecule has 0 radical (unpaired) electrons. The summed E-state index contributed by atoms with van der Waals surface area (Å²) in [4.78, 5) is 51.9. The Morgan fingerprint density at radius 2 is 1.61 bits per heavy atom. The molecule has 4 aromatic carbocycles. The molecule has 1 aromatic heterocycles. The molecule has 1 spiro atoms. The summed E-state index contributed by atoms with van der Waals surface area (Å²) in [5.74, 6) is 4.10. The van der Waals surface area contributed by atoms with Crippen LogP contribution in [0.1, 0.15) is 77.4 Å². The number of nitrogens with one attached hydrogen (secondary N) is 2. The molecule has 4 heterocycles. The van der Waals surface area contributed by atoms with Crippen molar-refractivity contribution in [3.05, 3.63) is 173 Å². The van der Waals surface area contributed by atoms with E-state index in [9.17, 15) is 9.90 Å². The van der Waals surface area contributed by atoms with Gasteiger partial charge in [-0.1, -0.05) is 96.8 Å². The second kappa shape index (κ2) is 15.2. The van der Waals surface area contributed by atoms with E-state index in [1.807, 2.05) is 102 Å². The van der Waals surface area contributed by atoms with Crippen molar-refractivity contribution in [3.63, 3.8) is 0 Å². The fraction of sp³-hybridized carbons (Fsp3) is 0.250. The number of esters is 1. The zero-order valence-electron chi connectivity index (χ0n) is 31.3. The van der Waals surface area contributed by atoms with Crippen LogP contribution in [0, 0.1) is 17.8 Å². The van der Waals surface area contributed by atoms with E-state index in [1.165, 1.54) is 0 Å². The van der Waals surface area contributed by atoms with E-state index in [0.29, 0.717) is 28.8 Å². The summed E-state index contributed by atoms with van der Waals surface area (Å²) in [6.45, 7) is 0.234. The molecule has 3 aliphatic heterocycles. The summed E-state index contributed by atoms with van der Waals surface area (Å²) in [7, 11) is 0. The standard InChI is InChI=1S/C48H42N4O5/c53-37-24-22-35(23-25-37)44-48(38-30-32(21-26-39(38)51-47(48)56)20-19-31-12-4-1-5-13-31)40(45(54)50-29-27-36-18-10-11-28-49-36)42-46(55)57-43(34-16-8-3-9-17-34)41(52(42)44)33-14-6-2-7-15-33/h2-3,6-12,14-18,21-26,28,30,40-44,53H,1,4-5,13,27,29H2,(H,50,54)(H,51,56). The van der Waals surface area contributed by atoms with Crippen molar-refractivity contribution >= 4 is 23.5 Å². The average molecular weight is 755 g/mol. The van der Waals surface area contributed by atoms with Crippen LogP contribution in [-0.2, 0) is 31.0 Å². The lowest BCUT2D eigenvalue weighted by Gasteiger charge is -2.46. The summed E-state index contributed by atoms with van der Waals surface area (Å²) in [5.41, 5.74) is 4.41. The highest BCUT2D eigenvalue weighted by molar-refractivity contribution is 6.12. The maximum Gasteiger partial charge on any atom is 0.324 e. The molecule has 2 fully saturated rings.